The molecule has 2 aromatic rings. The molecule has 0 aliphatic rings. The second kappa shape index (κ2) is 11.5. The second-order valence-corrected chi connectivity index (χ2v) is 7.20. The van der Waals surface area contributed by atoms with E-state index in [4.69, 9.17) is 23.2 Å². The molecule has 0 bridgehead atoms. The summed E-state index contributed by atoms with van der Waals surface area (Å²) in [5.74, 6) is -0.718. The fraction of sp³-hybridized carbons (Fsp3) is 0.273. The highest BCUT2D eigenvalue weighted by molar-refractivity contribution is 6.35. The fourth-order valence-electron chi connectivity index (χ4n) is 2.57. The maximum absolute atomic E-state index is 12.7. The molecule has 28 heavy (non-hydrogen) atoms. The lowest BCUT2D eigenvalue weighted by Crippen LogP contribution is -2.35. The molecule has 0 radical (unpaired) electrons. The molecule has 2 amide bonds. The first-order valence-electron chi connectivity index (χ1n) is 9.32. The van der Waals surface area contributed by atoms with Gasteiger partial charge in [0, 0.05) is 22.2 Å². The number of carbonyl (C=O) groups is 2. The molecule has 148 valence electrons. The van der Waals surface area contributed by atoms with Crippen molar-refractivity contribution in [1.82, 2.24) is 10.6 Å². The molecule has 0 aliphatic carbocycles. The Balaban J connectivity index is 2.18. The molecular formula is C22H24Cl2N2O2. The summed E-state index contributed by atoms with van der Waals surface area (Å²) in [6.07, 6.45) is 5.75. The van der Waals surface area contributed by atoms with E-state index in [1.807, 2.05) is 6.07 Å². The van der Waals surface area contributed by atoms with Gasteiger partial charge in [-0.3, -0.25) is 9.59 Å². The van der Waals surface area contributed by atoms with Gasteiger partial charge in [-0.15, -0.1) is 0 Å². The van der Waals surface area contributed by atoms with Crippen LogP contribution in [0.5, 0.6) is 0 Å². The van der Waals surface area contributed by atoms with Gasteiger partial charge in [0.2, 0.25) is 0 Å². The predicted octanol–water partition coefficient (Wildman–Crippen LogP) is 5.46. The molecule has 0 heterocycles. The van der Waals surface area contributed by atoms with Crippen molar-refractivity contribution in [2.45, 2.75) is 32.6 Å². The summed E-state index contributed by atoms with van der Waals surface area (Å²) in [6.45, 7) is 2.68. The standard InChI is InChI=1S/C22H24Cl2N2O2/c1-2-3-4-8-13-25-22(28)20(14-17-11-12-18(23)15-19(17)24)26-21(27)16-9-6-5-7-10-16/h5-7,9-12,14-15H,2-4,8,13H2,1H3,(H,25,28)(H,26,27)/b20-14+. The van der Waals surface area contributed by atoms with Crippen LogP contribution >= 0.6 is 23.2 Å². The Morgan fingerprint density at radius 3 is 2.43 bits per heavy atom. The van der Waals surface area contributed by atoms with Gasteiger partial charge in [-0.25, -0.2) is 0 Å². The first-order valence-corrected chi connectivity index (χ1v) is 10.1. The van der Waals surface area contributed by atoms with Crippen molar-refractivity contribution in [3.05, 3.63) is 75.4 Å². The van der Waals surface area contributed by atoms with Crippen LogP contribution in [0.15, 0.2) is 54.2 Å². The van der Waals surface area contributed by atoms with E-state index >= 15 is 0 Å². The van der Waals surface area contributed by atoms with Crippen LogP contribution in [0, 0.1) is 0 Å². The summed E-state index contributed by atoms with van der Waals surface area (Å²) in [5, 5.41) is 6.45. The number of hydrogen-bond donors (Lipinski definition) is 2. The molecule has 4 nitrogen and oxygen atoms in total. The summed E-state index contributed by atoms with van der Waals surface area (Å²) in [4.78, 5) is 25.2. The number of unbranched alkanes of at least 4 members (excludes halogenated alkanes) is 3. The van der Waals surface area contributed by atoms with E-state index in [2.05, 4.69) is 17.6 Å². The van der Waals surface area contributed by atoms with Gasteiger partial charge < -0.3 is 10.6 Å². The molecule has 0 spiro atoms. The van der Waals surface area contributed by atoms with Crippen LogP contribution in [0.3, 0.4) is 0 Å². The zero-order valence-electron chi connectivity index (χ0n) is 15.8. The van der Waals surface area contributed by atoms with Crippen LogP contribution in [-0.4, -0.2) is 18.4 Å². The molecular weight excluding hydrogens is 395 g/mol. The van der Waals surface area contributed by atoms with Gasteiger partial charge in [0.05, 0.1) is 0 Å². The van der Waals surface area contributed by atoms with E-state index in [1.165, 1.54) is 0 Å². The Hall–Kier alpha value is -2.30. The van der Waals surface area contributed by atoms with Crippen LogP contribution in [0.25, 0.3) is 6.08 Å². The Kier molecular flexibility index (Phi) is 9.05. The zero-order valence-corrected chi connectivity index (χ0v) is 17.3. The van der Waals surface area contributed by atoms with E-state index in [0.29, 0.717) is 27.7 Å². The lowest BCUT2D eigenvalue weighted by Gasteiger charge is -2.12. The van der Waals surface area contributed by atoms with Crippen LogP contribution in [0.1, 0.15) is 48.5 Å². The Bertz CT molecular complexity index is 836. The third-order valence-corrected chi connectivity index (χ3v) is 4.67. The van der Waals surface area contributed by atoms with E-state index in [9.17, 15) is 9.59 Å². The summed E-state index contributed by atoms with van der Waals surface area (Å²) < 4.78 is 0. The minimum atomic E-state index is -0.363. The lowest BCUT2D eigenvalue weighted by atomic mass is 10.1. The smallest absolute Gasteiger partial charge is 0.267 e. The SMILES string of the molecule is CCCCCCNC(=O)/C(=C\c1ccc(Cl)cc1Cl)NC(=O)c1ccccc1. The van der Waals surface area contributed by atoms with Gasteiger partial charge >= 0.3 is 0 Å². The third kappa shape index (κ3) is 7.02. The normalized spacial score (nSPS) is 11.2. The Morgan fingerprint density at radius 2 is 1.75 bits per heavy atom. The summed E-state index contributed by atoms with van der Waals surface area (Å²) in [7, 11) is 0. The molecule has 0 saturated carbocycles. The maximum atomic E-state index is 12.7. The van der Waals surface area contributed by atoms with Gasteiger partial charge in [0.1, 0.15) is 5.70 Å². The van der Waals surface area contributed by atoms with Crippen molar-refractivity contribution in [3.8, 4) is 0 Å². The zero-order chi connectivity index (χ0) is 20.4. The highest BCUT2D eigenvalue weighted by Gasteiger charge is 2.15. The van der Waals surface area contributed by atoms with Gasteiger partial charge in [-0.1, -0.05) is 73.7 Å². The number of benzene rings is 2. The monoisotopic (exact) mass is 418 g/mol. The first-order chi connectivity index (χ1) is 13.5. The fourth-order valence-corrected chi connectivity index (χ4v) is 3.03. The number of rotatable bonds is 9. The molecule has 2 N–H and O–H groups in total. The van der Waals surface area contributed by atoms with Crippen molar-refractivity contribution >= 4 is 41.1 Å². The molecule has 0 saturated heterocycles. The third-order valence-electron chi connectivity index (χ3n) is 4.11. The molecule has 0 atom stereocenters. The number of nitrogens with one attached hydrogen (secondary N) is 2. The molecule has 0 unspecified atom stereocenters. The van der Waals surface area contributed by atoms with Gasteiger partial charge in [0.25, 0.3) is 11.8 Å². The van der Waals surface area contributed by atoms with Crippen molar-refractivity contribution in [3.63, 3.8) is 0 Å². The van der Waals surface area contributed by atoms with Gasteiger partial charge in [-0.05, 0) is 42.3 Å². The molecule has 2 rings (SSSR count). The summed E-state index contributed by atoms with van der Waals surface area (Å²) in [5.41, 5.74) is 1.19. The molecule has 0 aliphatic heterocycles. The maximum Gasteiger partial charge on any atom is 0.267 e. The largest absolute Gasteiger partial charge is 0.351 e. The van der Waals surface area contributed by atoms with Crippen LogP contribution < -0.4 is 10.6 Å². The Labute approximate surface area is 175 Å². The molecule has 2 aromatic carbocycles. The number of carbonyl (C=O) groups excluding carboxylic acids is 2. The molecule has 0 fully saturated rings. The average molecular weight is 419 g/mol. The van der Waals surface area contributed by atoms with E-state index < -0.39 is 0 Å². The average Bonchev–Trinajstić information content (AvgIpc) is 2.69. The van der Waals surface area contributed by atoms with Crippen LogP contribution in [0.2, 0.25) is 10.0 Å². The highest BCUT2D eigenvalue weighted by atomic mass is 35.5. The molecule has 6 heteroatoms. The molecule has 0 aromatic heterocycles. The predicted molar refractivity (Wildman–Crippen MR) is 115 cm³/mol. The van der Waals surface area contributed by atoms with Crippen molar-refractivity contribution < 1.29 is 9.59 Å². The number of halogens is 2. The number of hydrogen-bond acceptors (Lipinski definition) is 2. The van der Waals surface area contributed by atoms with Gasteiger partial charge in [0.15, 0.2) is 0 Å². The van der Waals surface area contributed by atoms with E-state index in [0.717, 1.165) is 25.7 Å². The van der Waals surface area contributed by atoms with Crippen molar-refractivity contribution in [1.29, 1.82) is 0 Å². The summed E-state index contributed by atoms with van der Waals surface area (Å²) >= 11 is 12.2. The Morgan fingerprint density at radius 1 is 1.00 bits per heavy atom. The van der Waals surface area contributed by atoms with Crippen LogP contribution in [0.4, 0.5) is 0 Å². The van der Waals surface area contributed by atoms with Crippen LogP contribution in [-0.2, 0) is 4.79 Å². The second-order valence-electron chi connectivity index (χ2n) is 6.36. The minimum Gasteiger partial charge on any atom is -0.351 e. The summed E-state index contributed by atoms with van der Waals surface area (Å²) in [6, 6.07) is 13.7. The van der Waals surface area contributed by atoms with E-state index in [1.54, 1.807) is 48.5 Å². The highest BCUT2D eigenvalue weighted by Crippen LogP contribution is 2.23. The first kappa shape index (κ1) is 22.0. The lowest BCUT2D eigenvalue weighted by molar-refractivity contribution is -0.117. The quantitative estimate of drug-likeness (QED) is 0.419. The van der Waals surface area contributed by atoms with Crippen molar-refractivity contribution in [2.24, 2.45) is 0 Å². The number of amides is 2. The van der Waals surface area contributed by atoms with Crippen molar-refractivity contribution in [2.75, 3.05) is 6.54 Å². The van der Waals surface area contributed by atoms with E-state index in [-0.39, 0.29) is 17.5 Å². The minimum absolute atomic E-state index is 0.133. The topological polar surface area (TPSA) is 58.2 Å². The van der Waals surface area contributed by atoms with Gasteiger partial charge in [-0.2, -0.15) is 0 Å².